The largest absolute Gasteiger partial charge is 0.357 e. The molecule has 0 aliphatic rings. The number of hydrogen-bond acceptors (Lipinski definition) is 4. The normalized spacial score (nSPS) is 11.9. The molecule has 0 atom stereocenters. The van der Waals surface area contributed by atoms with E-state index in [1.54, 1.807) is 11.3 Å². The summed E-state index contributed by atoms with van der Waals surface area (Å²) in [6.45, 7) is 6.41. The van der Waals surface area contributed by atoms with Gasteiger partial charge in [0.1, 0.15) is 5.65 Å². The van der Waals surface area contributed by atoms with Gasteiger partial charge in [-0.3, -0.25) is 4.99 Å². The van der Waals surface area contributed by atoms with E-state index in [0.717, 1.165) is 47.5 Å². The number of aliphatic imine (C=N–C) groups is 1. The minimum atomic E-state index is 0.701. The number of aryl methyl sites for hydroxylation is 1. The molecule has 3 aromatic heterocycles. The third kappa shape index (κ3) is 4.57. The molecule has 0 aliphatic carbocycles. The molecule has 0 spiro atoms. The van der Waals surface area contributed by atoms with Gasteiger partial charge in [0.05, 0.1) is 22.9 Å². The van der Waals surface area contributed by atoms with E-state index in [1.165, 1.54) is 0 Å². The summed E-state index contributed by atoms with van der Waals surface area (Å²) in [6.07, 6.45) is 4.91. The Morgan fingerprint density at radius 2 is 2.20 bits per heavy atom. The lowest BCUT2D eigenvalue weighted by atomic mass is 10.3. The molecule has 0 amide bonds. The highest BCUT2D eigenvalue weighted by molar-refractivity contribution is 7.09. The maximum absolute atomic E-state index is 4.74. The minimum Gasteiger partial charge on any atom is -0.357 e. The number of hydrogen-bond donors (Lipinski definition) is 1. The van der Waals surface area contributed by atoms with E-state index in [2.05, 4.69) is 38.7 Å². The molecule has 0 saturated carbocycles. The van der Waals surface area contributed by atoms with Crippen LogP contribution in [-0.2, 0) is 13.0 Å². The van der Waals surface area contributed by atoms with Crippen LogP contribution in [-0.4, -0.2) is 45.4 Å². The van der Waals surface area contributed by atoms with E-state index in [4.69, 9.17) is 4.99 Å². The summed E-state index contributed by atoms with van der Waals surface area (Å²) in [7, 11) is 2.04. The van der Waals surface area contributed by atoms with Crippen molar-refractivity contribution < 1.29 is 0 Å². The van der Waals surface area contributed by atoms with Gasteiger partial charge >= 0.3 is 0 Å². The second-order valence-corrected chi connectivity index (χ2v) is 6.96. The van der Waals surface area contributed by atoms with Gasteiger partial charge in [0, 0.05) is 44.3 Å². The van der Waals surface area contributed by atoms with E-state index >= 15 is 0 Å². The molecule has 0 bridgehead atoms. The van der Waals surface area contributed by atoms with Gasteiger partial charge in [-0.25, -0.2) is 9.97 Å². The lowest BCUT2D eigenvalue weighted by Crippen LogP contribution is -2.38. The van der Waals surface area contributed by atoms with E-state index in [0.29, 0.717) is 6.54 Å². The zero-order chi connectivity index (χ0) is 17.6. The highest BCUT2D eigenvalue weighted by Gasteiger charge is 2.09. The minimum absolute atomic E-state index is 0.701. The smallest absolute Gasteiger partial charge is 0.194 e. The monoisotopic (exact) mass is 356 g/mol. The molecule has 0 fully saturated rings. The molecule has 1 N–H and O–H groups in total. The number of guanidine groups is 1. The summed E-state index contributed by atoms with van der Waals surface area (Å²) in [5, 5.41) is 6.55. The zero-order valence-electron chi connectivity index (χ0n) is 14.9. The SMILES string of the molecule is CCNC(=NCCc1cn2ccccc2n1)N(C)Cc1csc(C)n1. The van der Waals surface area contributed by atoms with Gasteiger partial charge in [0.25, 0.3) is 0 Å². The highest BCUT2D eigenvalue weighted by atomic mass is 32.1. The first-order chi connectivity index (χ1) is 12.2. The van der Waals surface area contributed by atoms with Crippen LogP contribution in [0, 0.1) is 6.92 Å². The number of imidazole rings is 1. The Bertz CT molecular complexity index is 817. The fourth-order valence-corrected chi connectivity index (χ4v) is 3.26. The Labute approximate surface area is 152 Å². The molecule has 0 saturated heterocycles. The van der Waals surface area contributed by atoms with Crippen molar-refractivity contribution in [1.29, 1.82) is 0 Å². The van der Waals surface area contributed by atoms with Crippen LogP contribution < -0.4 is 5.32 Å². The van der Waals surface area contributed by atoms with E-state index in [1.807, 2.05) is 42.8 Å². The van der Waals surface area contributed by atoms with Gasteiger partial charge in [-0.1, -0.05) is 6.07 Å². The van der Waals surface area contributed by atoms with Crippen LogP contribution >= 0.6 is 11.3 Å². The Kier molecular flexibility index (Phi) is 5.65. The molecular formula is C18H24N6S. The van der Waals surface area contributed by atoms with Crippen LogP contribution in [0.5, 0.6) is 0 Å². The Hall–Kier alpha value is -2.41. The zero-order valence-corrected chi connectivity index (χ0v) is 15.8. The van der Waals surface area contributed by atoms with Crippen LogP contribution in [0.2, 0.25) is 0 Å². The third-order valence-electron chi connectivity index (χ3n) is 3.81. The van der Waals surface area contributed by atoms with E-state index in [9.17, 15) is 0 Å². The van der Waals surface area contributed by atoms with E-state index < -0.39 is 0 Å². The summed E-state index contributed by atoms with van der Waals surface area (Å²) in [5.41, 5.74) is 3.11. The van der Waals surface area contributed by atoms with E-state index in [-0.39, 0.29) is 0 Å². The second-order valence-electron chi connectivity index (χ2n) is 5.90. The van der Waals surface area contributed by atoms with Crippen molar-refractivity contribution in [2.45, 2.75) is 26.8 Å². The average Bonchev–Trinajstić information content (AvgIpc) is 3.19. The number of aromatic nitrogens is 3. The van der Waals surface area contributed by atoms with Crippen molar-refractivity contribution >= 4 is 22.9 Å². The van der Waals surface area contributed by atoms with Crippen LogP contribution in [0.1, 0.15) is 23.3 Å². The fourth-order valence-electron chi connectivity index (χ4n) is 2.65. The van der Waals surface area contributed by atoms with Crippen molar-refractivity contribution in [2.24, 2.45) is 4.99 Å². The van der Waals surface area contributed by atoms with Crippen LogP contribution in [0.4, 0.5) is 0 Å². The summed E-state index contributed by atoms with van der Waals surface area (Å²) in [6, 6.07) is 6.03. The lowest BCUT2D eigenvalue weighted by Gasteiger charge is -2.21. The average molecular weight is 356 g/mol. The Morgan fingerprint density at radius 3 is 2.92 bits per heavy atom. The maximum atomic E-state index is 4.74. The predicted molar refractivity (Wildman–Crippen MR) is 103 cm³/mol. The molecule has 3 heterocycles. The molecule has 132 valence electrons. The molecule has 25 heavy (non-hydrogen) atoms. The fraction of sp³-hybridized carbons (Fsp3) is 0.389. The number of pyridine rings is 1. The Balaban J connectivity index is 1.62. The first-order valence-corrected chi connectivity index (χ1v) is 9.36. The summed E-state index contributed by atoms with van der Waals surface area (Å²) >= 11 is 1.68. The number of thiazole rings is 1. The highest BCUT2D eigenvalue weighted by Crippen LogP contribution is 2.10. The number of rotatable bonds is 6. The van der Waals surface area contributed by atoms with Crippen LogP contribution in [0.25, 0.3) is 5.65 Å². The van der Waals surface area contributed by atoms with Crippen LogP contribution in [0.3, 0.4) is 0 Å². The molecular weight excluding hydrogens is 332 g/mol. The number of fused-ring (bicyclic) bond motifs is 1. The van der Waals surface area contributed by atoms with Crippen molar-refractivity contribution in [1.82, 2.24) is 24.6 Å². The van der Waals surface area contributed by atoms with Gasteiger partial charge in [0.15, 0.2) is 5.96 Å². The second kappa shape index (κ2) is 8.11. The quantitative estimate of drug-likeness (QED) is 0.545. The topological polar surface area (TPSA) is 57.8 Å². The molecule has 3 rings (SSSR count). The summed E-state index contributed by atoms with van der Waals surface area (Å²) < 4.78 is 2.04. The van der Waals surface area contributed by atoms with Gasteiger partial charge in [-0.2, -0.15) is 0 Å². The van der Waals surface area contributed by atoms with Crippen molar-refractivity contribution in [3.63, 3.8) is 0 Å². The molecule has 0 radical (unpaired) electrons. The number of nitrogens with one attached hydrogen (secondary N) is 1. The molecule has 6 nitrogen and oxygen atoms in total. The third-order valence-corrected chi connectivity index (χ3v) is 4.63. The molecule has 0 aromatic carbocycles. The molecule has 3 aromatic rings. The molecule has 0 unspecified atom stereocenters. The lowest BCUT2D eigenvalue weighted by molar-refractivity contribution is 0.471. The molecule has 7 heteroatoms. The van der Waals surface area contributed by atoms with Gasteiger partial charge in [-0.05, 0) is 26.0 Å². The van der Waals surface area contributed by atoms with Crippen LogP contribution in [0.15, 0.2) is 41.0 Å². The summed E-state index contributed by atoms with van der Waals surface area (Å²) in [5.74, 6) is 0.900. The van der Waals surface area contributed by atoms with Gasteiger partial charge in [0.2, 0.25) is 0 Å². The van der Waals surface area contributed by atoms with Crippen molar-refractivity contribution in [3.8, 4) is 0 Å². The van der Waals surface area contributed by atoms with Gasteiger partial charge in [-0.15, -0.1) is 11.3 Å². The van der Waals surface area contributed by atoms with Crippen molar-refractivity contribution in [2.75, 3.05) is 20.1 Å². The predicted octanol–water partition coefficient (Wildman–Crippen LogP) is 2.74. The maximum Gasteiger partial charge on any atom is 0.194 e. The first-order valence-electron chi connectivity index (χ1n) is 8.48. The van der Waals surface area contributed by atoms with Crippen molar-refractivity contribution in [3.05, 3.63) is 52.4 Å². The Morgan fingerprint density at radius 1 is 1.32 bits per heavy atom. The number of nitrogens with zero attached hydrogens (tertiary/aromatic N) is 5. The summed E-state index contributed by atoms with van der Waals surface area (Å²) in [4.78, 5) is 16.0. The molecule has 0 aliphatic heterocycles. The first kappa shape index (κ1) is 17.4. The standard InChI is InChI=1S/C18H24N6S/c1-4-19-18(23(3)11-16-13-25-14(2)21-16)20-9-8-15-12-24-10-6-5-7-17(24)22-15/h5-7,10,12-13H,4,8-9,11H2,1-3H3,(H,19,20). The van der Waals surface area contributed by atoms with Gasteiger partial charge < -0.3 is 14.6 Å².